The third kappa shape index (κ3) is 1.65. The topological polar surface area (TPSA) is 32.6 Å². The molecular weight excluding hydrogens is 186 g/mol. The fraction of sp³-hybridized carbons (Fsp3) is 0.462. The van der Waals surface area contributed by atoms with E-state index >= 15 is 0 Å². The molecular formula is C13H17NO. The zero-order valence-electron chi connectivity index (χ0n) is 9.49. The van der Waals surface area contributed by atoms with Crippen LogP contribution in [-0.2, 0) is 0 Å². The molecule has 2 rings (SSSR count). The Kier molecular flexibility index (Phi) is 2.51. The number of fused-ring (bicyclic) bond motifs is 1. The van der Waals surface area contributed by atoms with Gasteiger partial charge in [-0.15, -0.1) is 0 Å². The molecule has 0 fully saturated rings. The van der Waals surface area contributed by atoms with Crippen molar-refractivity contribution >= 4 is 5.71 Å². The van der Waals surface area contributed by atoms with Crippen LogP contribution in [0, 0.1) is 0 Å². The van der Waals surface area contributed by atoms with Gasteiger partial charge in [0.05, 0.1) is 5.71 Å². The summed E-state index contributed by atoms with van der Waals surface area (Å²) in [7, 11) is 0. The number of hydrogen-bond acceptors (Lipinski definition) is 2. The van der Waals surface area contributed by atoms with Crippen LogP contribution in [0.5, 0.6) is 0 Å². The average Bonchev–Trinajstić information content (AvgIpc) is 2.55. The van der Waals surface area contributed by atoms with Gasteiger partial charge >= 0.3 is 0 Å². The summed E-state index contributed by atoms with van der Waals surface area (Å²) in [5.41, 5.74) is 4.59. The first kappa shape index (κ1) is 10.2. The van der Waals surface area contributed by atoms with Gasteiger partial charge in [0.2, 0.25) is 0 Å². The maximum Gasteiger partial charge on any atom is 0.0876 e. The molecule has 1 atom stereocenters. The highest BCUT2D eigenvalue weighted by Crippen LogP contribution is 2.34. The summed E-state index contributed by atoms with van der Waals surface area (Å²) in [6, 6.07) is 6.52. The van der Waals surface area contributed by atoms with E-state index in [4.69, 9.17) is 5.21 Å². The van der Waals surface area contributed by atoms with E-state index in [1.165, 1.54) is 11.1 Å². The first-order chi connectivity index (χ1) is 7.13. The van der Waals surface area contributed by atoms with Crippen LogP contribution < -0.4 is 0 Å². The summed E-state index contributed by atoms with van der Waals surface area (Å²) in [5.74, 6) is 0.998. The second-order valence-corrected chi connectivity index (χ2v) is 4.65. The summed E-state index contributed by atoms with van der Waals surface area (Å²) in [6.45, 7) is 6.53. The van der Waals surface area contributed by atoms with E-state index in [2.05, 4.69) is 44.1 Å². The molecule has 0 aromatic heterocycles. The lowest BCUT2D eigenvalue weighted by Crippen LogP contribution is -1.96. The van der Waals surface area contributed by atoms with Gasteiger partial charge in [-0.2, -0.15) is 0 Å². The molecule has 0 bridgehead atoms. The number of benzene rings is 1. The average molecular weight is 203 g/mol. The van der Waals surface area contributed by atoms with Crippen LogP contribution in [0.1, 0.15) is 55.7 Å². The van der Waals surface area contributed by atoms with Crippen LogP contribution in [0.3, 0.4) is 0 Å². The molecule has 1 aromatic rings. The Morgan fingerprint density at radius 1 is 1.40 bits per heavy atom. The number of nitrogens with zero attached hydrogens (tertiary/aromatic N) is 1. The van der Waals surface area contributed by atoms with Crippen molar-refractivity contribution in [1.82, 2.24) is 0 Å². The summed E-state index contributed by atoms with van der Waals surface area (Å²) >= 11 is 0. The van der Waals surface area contributed by atoms with E-state index in [9.17, 15) is 0 Å². The lowest BCUT2D eigenvalue weighted by molar-refractivity contribution is 0.318. The molecule has 0 heterocycles. The van der Waals surface area contributed by atoms with Crippen LogP contribution in [0.25, 0.3) is 0 Å². The van der Waals surface area contributed by atoms with Gasteiger partial charge in [-0.3, -0.25) is 0 Å². The number of rotatable bonds is 1. The van der Waals surface area contributed by atoms with Gasteiger partial charge in [0.15, 0.2) is 0 Å². The molecule has 80 valence electrons. The van der Waals surface area contributed by atoms with Gasteiger partial charge in [0.1, 0.15) is 0 Å². The van der Waals surface area contributed by atoms with Gasteiger partial charge in [0, 0.05) is 12.0 Å². The Bertz CT molecular complexity index is 407. The van der Waals surface area contributed by atoms with Gasteiger partial charge in [-0.25, -0.2) is 0 Å². The predicted octanol–water partition coefficient (Wildman–Crippen LogP) is 3.50. The highest BCUT2D eigenvalue weighted by molar-refractivity contribution is 6.05. The number of oxime groups is 1. The zero-order valence-corrected chi connectivity index (χ0v) is 9.49. The van der Waals surface area contributed by atoms with Gasteiger partial charge in [-0.05, 0) is 29.0 Å². The third-order valence-corrected chi connectivity index (χ3v) is 3.21. The number of hydrogen-bond donors (Lipinski definition) is 1. The van der Waals surface area contributed by atoms with Crippen molar-refractivity contribution in [1.29, 1.82) is 0 Å². The molecule has 0 radical (unpaired) electrons. The van der Waals surface area contributed by atoms with Crippen molar-refractivity contribution in [2.24, 2.45) is 5.16 Å². The van der Waals surface area contributed by atoms with E-state index in [1.54, 1.807) is 0 Å². The van der Waals surface area contributed by atoms with E-state index in [1.807, 2.05) is 0 Å². The fourth-order valence-corrected chi connectivity index (χ4v) is 2.22. The molecule has 1 aliphatic carbocycles. The lowest BCUT2D eigenvalue weighted by atomic mass is 9.96. The van der Waals surface area contributed by atoms with Crippen LogP contribution in [0.15, 0.2) is 23.4 Å². The largest absolute Gasteiger partial charge is 0.411 e. The van der Waals surface area contributed by atoms with E-state index in [0.29, 0.717) is 11.8 Å². The maximum atomic E-state index is 8.95. The van der Waals surface area contributed by atoms with Gasteiger partial charge in [0.25, 0.3) is 0 Å². The van der Waals surface area contributed by atoms with Crippen molar-refractivity contribution in [2.75, 3.05) is 0 Å². The highest BCUT2D eigenvalue weighted by atomic mass is 16.4. The van der Waals surface area contributed by atoms with Crippen LogP contribution in [-0.4, -0.2) is 10.9 Å². The molecule has 1 aliphatic rings. The standard InChI is InChI=1S/C13H17NO/c1-8(2)10-4-5-11-9(3)6-13(14-15)12(11)7-10/h4-5,7-9,15H,6H2,1-3H3/b14-13+. The maximum absolute atomic E-state index is 8.95. The highest BCUT2D eigenvalue weighted by Gasteiger charge is 2.25. The molecule has 0 spiro atoms. The molecule has 1 aromatic carbocycles. The molecule has 1 N–H and O–H groups in total. The van der Waals surface area contributed by atoms with Crippen molar-refractivity contribution < 1.29 is 5.21 Å². The molecule has 2 nitrogen and oxygen atoms in total. The molecule has 0 aliphatic heterocycles. The Morgan fingerprint density at radius 2 is 2.13 bits per heavy atom. The predicted molar refractivity (Wildman–Crippen MR) is 61.9 cm³/mol. The molecule has 15 heavy (non-hydrogen) atoms. The summed E-state index contributed by atoms with van der Waals surface area (Å²) in [5, 5.41) is 12.3. The summed E-state index contributed by atoms with van der Waals surface area (Å²) < 4.78 is 0. The lowest BCUT2D eigenvalue weighted by Gasteiger charge is -2.09. The molecule has 0 saturated carbocycles. The third-order valence-electron chi connectivity index (χ3n) is 3.21. The molecule has 0 saturated heterocycles. The van der Waals surface area contributed by atoms with Crippen LogP contribution >= 0.6 is 0 Å². The molecule has 0 amide bonds. The second-order valence-electron chi connectivity index (χ2n) is 4.65. The van der Waals surface area contributed by atoms with Crippen LogP contribution in [0.2, 0.25) is 0 Å². The Labute approximate surface area is 90.6 Å². The van der Waals surface area contributed by atoms with E-state index in [-0.39, 0.29) is 0 Å². The van der Waals surface area contributed by atoms with Crippen molar-refractivity contribution in [3.8, 4) is 0 Å². The minimum atomic E-state index is 0.479. The molecule has 1 unspecified atom stereocenters. The zero-order chi connectivity index (χ0) is 11.0. The monoisotopic (exact) mass is 203 g/mol. The normalized spacial score (nSPS) is 22.4. The van der Waals surface area contributed by atoms with Crippen molar-refractivity contribution in [3.05, 3.63) is 34.9 Å². The SMILES string of the molecule is CC(C)c1ccc2c(c1)/C(=N/O)CC2C. The smallest absolute Gasteiger partial charge is 0.0876 e. The molecule has 2 heteroatoms. The summed E-state index contributed by atoms with van der Waals surface area (Å²) in [4.78, 5) is 0. The quantitative estimate of drug-likeness (QED) is 0.550. The van der Waals surface area contributed by atoms with E-state index < -0.39 is 0 Å². The minimum Gasteiger partial charge on any atom is -0.411 e. The minimum absolute atomic E-state index is 0.479. The van der Waals surface area contributed by atoms with E-state index in [0.717, 1.165) is 17.7 Å². The second kappa shape index (κ2) is 3.69. The van der Waals surface area contributed by atoms with Crippen molar-refractivity contribution in [3.63, 3.8) is 0 Å². The fourth-order valence-electron chi connectivity index (χ4n) is 2.22. The first-order valence-corrected chi connectivity index (χ1v) is 5.48. The Hall–Kier alpha value is -1.31. The Balaban J connectivity index is 2.52. The van der Waals surface area contributed by atoms with Gasteiger partial charge < -0.3 is 5.21 Å². The Morgan fingerprint density at radius 3 is 2.73 bits per heavy atom. The van der Waals surface area contributed by atoms with Crippen LogP contribution in [0.4, 0.5) is 0 Å². The first-order valence-electron chi connectivity index (χ1n) is 5.48. The summed E-state index contributed by atoms with van der Waals surface area (Å²) in [6.07, 6.45) is 0.855. The van der Waals surface area contributed by atoms with Crippen molar-refractivity contribution in [2.45, 2.75) is 39.0 Å². The van der Waals surface area contributed by atoms with Gasteiger partial charge in [-0.1, -0.05) is 38.1 Å².